The van der Waals surface area contributed by atoms with Crippen molar-refractivity contribution in [1.29, 1.82) is 0 Å². The predicted molar refractivity (Wildman–Crippen MR) is 191 cm³/mol. The third-order valence-corrected chi connectivity index (χ3v) is 13.6. The van der Waals surface area contributed by atoms with Crippen molar-refractivity contribution >= 4 is 0 Å². The Morgan fingerprint density at radius 2 is 0.860 bits per heavy atom. The van der Waals surface area contributed by atoms with Gasteiger partial charge in [-0.1, -0.05) is 39.5 Å². The van der Waals surface area contributed by atoms with Gasteiger partial charge in [0.1, 0.15) is 0 Å². The van der Waals surface area contributed by atoms with Crippen LogP contribution in [-0.2, 0) is 18.9 Å². The lowest BCUT2D eigenvalue weighted by Crippen LogP contribution is -2.41. The molecule has 6 aliphatic rings. The summed E-state index contributed by atoms with van der Waals surface area (Å²) in [6.07, 6.45) is 22.2. The lowest BCUT2D eigenvalue weighted by Gasteiger charge is -2.40. The molecule has 0 N–H and O–H groups in total. The fourth-order valence-corrected chi connectivity index (χ4v) is 10.1. The van der Waals surface area contributed by atoms with Crippen LogP contribution in [0.2, 0.25) is 0 Å². The van der Waals surface area contributed by atoms with Gasteiger partial charge in [-0.15, -0.1) is 0 Å². The third kappa shape index (κ3) is 13.5. The molecule has 0 radical (unpaired) electrons. The van der Waals surface area contributed by atoms with Crippen molar-refractivity contribution in [2.24, 2.45) is 59.2 Å². The van der Waals surface area contributed by atoms with Crippen molar-refractivity contribution < 1.29 is 36.5 Å². The molecule has 4 aliphatic carbocycles. The van der Waals surface area contributed by atoms with Gasteiger partial charge in [0.2, 0.25) is 0 Å². The molecule has 0 aromatic carbocycles. The van der Waals surface area contributed by atoms with Gasteiger partial charge in [0, 0.05) is 17.8 Å². The number of hydrogen-bond acceptors (Lipinski definition) is 4. The van der Waals surface area contributed by atoms with E-state index >= 15 is 0 Å². The Morgan fingerprint density at radius 3 is 1.34 bits per heavy atom. The van der Waals surface area contributed by atoms with Crippen LogP contribution in [-0.4, -0.2) is 39.0 Å². The summed E-state index contributed by atoms with van der Waals surface area (Å²) in [7, 11) is 0. The minimum atomic E-state index is -1.54. The van der Waals surface area contributed by atoms with E-state index in [0.29, 0.717) is 42.4 Å². The topological polar surface area (TPSA) is 36.9 Å². The zero-order valence-electron chi connectivity index (χ0n) is 31.2. The number of allylic oxidation sites excluding steroid dienone is 2. The Hall–Kier alpha value is -0.960. The Bertz CT molecular complexity index is 983. The SMILES string of the molecule is CC1CCC(C2COC(C3CCC(CC=C(F)F)CC3)OC2)CC1.CC1COC(CCC2CCC(C3CCC(CC=C(F)F)CC3)CC2)OC1. The van der Waals surface area contributed by atoms with E-state index in [9.17, 15) is 17.6 Å². The number of ether oxygens (including phenoxy) is 4. The molecule has 8 heteroatoms. The summed E-state index contributed by atoms with van der Waals surface area (Å²) in [5, 5.41) is 0. The summed E-state index contributed by atoms with van der Waals surface area (Å²) >= 11 is 0. The second kappa shape index (κ2) is 21.1. The molecule has 6 rings (SSSR count). The number of halogens is 4. The highest BCUT2D eigenvalue weighted by molar-refractivity contribution is 4.88. The van der Waals surface area contributed by atoms with Crippen LogP contribution in [0.3, 0.4) is 0 Å². The van der Waals surface area contributed by atoms with E-state index in [4.69, 9.17) is 18.9 Å². The van der Waals surface area contributed by atoms with Gasteiger partial charge in [0.25, 0.3) is 12.2 Å². The molecule has 2 saturated heterocycles. The van der Waals surface area contributed by atoms with Crippen LogP contribution in [0.4, 0.5) is 17.6 Å². The molecule has 2 aliphatic heterocycles. The standard InChI is InChI=1S/C22H36F2O2.C20H32F2O2/c1-16-14-25-22(26-15-16)13-7-18-4-10-20(11-5-18)19-8-2-17(3-9-19)6-12-21(23)24;1-14-2-7-16(8-3-14)18-12-23-20(24-13-18)17-9-4-15(5-10-17)6-11-19(21)22/h12,16-20,22H,2-11,13-15H2,1H3;11,14-18,20H,2-10,12-13H2,1H3. The number of hydrogen-bond donors (Lipinski definition) is 0. The first-order valence-electron chi connectivity index (χ1n) is 20.7. The van der Waals surface area contributed by atoms with Crippen molar-refractivity contribution in [2.45, 2.75) is 155 Å². The lowest BCUT2D eigenvalue weighted by atomic mass is 9.68. The first-order valence-corrected chi connectivity index (χ1v) is 20.7. The second-order valence-electron chi connectivity index (χ2n) is 17.4. The van der Waals surface area contributed by atoms with Crippen LogP contribution in [0.15, 0.2) is 24.3 Å². The Labute approximate surface area is 300 Å². The molecule has 50 heavy (non-hydrogen) atoms. The monoisotopic (exact) mass is 713 g/mol. The summed E-state index contributed by atoms with van der Waals surface area (Å²) in [5.41, 5.74) is 0. The average molecular weight is 713 g/mol. The molecule has 0 unspecified atom stereocenters. The van der Waals surface area contributed by atoms with E-state index in [1.807, 2.05) is 0 Å². The average Bonchev–Trinajstić information content (AvgIpc) is 3.14. The smallest absolute Gasteiger partial charge is 0.266 e. The van der Waals surface area contributed by atoms with E-state index in [1.54, 1.807) is 0 Å². The van der Waals surface area contributed by atoms with Crippen molar-refractivity contribution in [1.82, 2.24) is 0 Å². The summed E-state index contributed by atoms with van der Waals surface area (Å²) in [6.45, 7) is 7.90. The van der Waals surface area contributed by atoms with E-state index in [-0.39, 0.29) is 12.6 Å². The van der Waals surface area contributed by atoms with E-state index in [2.05, 4.69) is 13.8 Å². The van der Waals surface area contributed by atoms with Crippen LogP contribution < -0.4 is 0 Å². The van der Waals surface area contributed by atoms with Gasteiger partial charge in [0.15, 0.2) is 12.6 Å². The third-order valence-electron chi connectivity index (χ3n) is 13.6. The second-order valence-corrected chi connectivity index (χ2v) is 17.4. The molecule has 4 nitrogen and oxygen atoms in total. The Kier molecular flexibility index (Phi) is 16.9. The van der Waals surface area contributed by atoms with Crippen LogP contribution in [0, 0.1) is 59.2 Å². The molecule has 0 atom stereocenters. The van der Waals surface area contributed by atoms with E-state index < -0.39 is 12.2 Å². The fraction of sp³-hybridized carbons (Fsp3) is 0.905. The van der Waals surface area contributed by atoms with Crippen molar-refractivity contribution in [3.63, 3.8) is 0 Å². The summed E-state index contributed by atoms with van der Waals surface area (Å²) in [6, 6.07) is 0. The molecule has 0 bridgehead atoms. The van der Waals surface area contributed by atoms with Crippen molar-refractivity contribution in [2.75, 3.05) is 26.4 Å². The lowest BCUT2D eigenvalue weighted by molar-refractivity contribution is -0.237. The van der Waals surface area contributed by atoms with Crippen LogP contribution >= 0.6 is 0 Å². The van der Waals surface area contributed by atoms with Crippen molar-refractivity contribution in [3.05, 3.63) is 24.3 Å². The van der Waals surface area contributed by atoms with Gasteiger partial charge in [-0.2, -0.15) is 17.6 Å². The van der Waals surface area contributed by atoms with Gasteiger partial charge in [-0.05, 0) is 156 Å². The quantitative estimate of drug-likeness (QED) is 0.211. The zero-order chi connectivity index (χ0) is 35.3. The summed E-state index contributed by atoms with van der Waals surface area (Å²) in [5.74, 6) is 6.67. The highest BCUT2D eigenvalue weighted by atomic mass is 19.3. The molecule has 288 valence electrons. The van der Waals surface area contributed by atoms with Gasteiger partial charge in [0.05, 0.1) is 26.4 Å². The first kappa shape index (κ1) is 40.2. The van der Waals surface area contributed by atoms with Crippen LogP contribution in [0.25, 0.3) is 0 Å². The molecule has 0 aromatic heterocycles. The molecule has 0 spiro atoms. The molecule has 0 amide bonds. The maximum absolute atomic E-state index is 12.2. The highest BCUT2D eigenvalue weighted by Crippen LogP contribution is 2.43. The van der Waals surface area contributed by atoms with E-state index in [0.717, 1.165) is 113 Å². The van der Waals surface area contributed by atoms with Gasteiger partial charge in [-0.3, -0.25) is 0 Å². The zero-order valence-corrected chi connectivity index (χ0v) is 31.2. The van der Waals surface area contributed by atoms with Gasteiger partial charge in [-0.25, -0.2) is 0 Å². The number of rotatable bonds is 10. The highest BCUT2D eigenvalue weighted by Gasteiger charge is 2.36. The predicted octanol–water partition coefficient (Wildman–Crippen LogP) is 12.3. The summed E-state index contributed by atoms with van der Waals surface area (Å²) < 4.78 is 72.6. The summed E-state index contributed by atoms with van der Waals surface area (Å²) in [4.78, 5) is 0. The molecule has 2 heterocycles. The van der Waals surface area contributed by atoms with Crippen LogP contribution in [0.1, 0.15) is 142 Å². The Morgan fingerprint density at radius 1 is 0.440 bits per heavy atom. The molecular formula is C42H68F4O4. The maximum Gasteiger partial charge on any atom is 0.266 e. The molecule has 4 saturated carbocycles. The molecule has 6 fully saturated rings. The molecular weight excluding hydrogens is 644 g/mol. The van der Waals surface area contributed by atoms with Gasteiger partial charge < -0.3 is 18.9 Å². The fourth-order valence-electron chi connectivity index (χ4n) is 10.1. The van der Waals surface area contributed by atoms with Crippen LogP contribution in [0.5, 0.6) is 0 Å². The maximum atomic E-state index is 12.2. The minimum absolute atomic E-state index is 0.0300. The largest absolute Gasteiger partial charge is 0.352 e. The minimum Gasteiger partial charge on any atom is -0.352 e. The normalized spacial score (nSPS) is 39.8. The van der Waals surface area contributed by atoms with Gasteiger partial charge >= 0.3 is 0 Å². The van der Waals surface area contributed by atoms with Crippen molar-refractivity contribution in [3.8, 4) is 0 Å². The first-order chi connectivity index (χ1) is 24.2. The Balaban J connectivity index is 0.000000195. The van der Waals surface area contributed by atoms with E-state index in [1.165, 1.54) is 70.6 Å². The molecule has 0 aromatic rings.